The Hall–Kier alpha value is -2.44. The topological polar surface area (TPSA) is 74.3 Å². The van der Waals surface area contributed by atoms with E-state index in [9.17, 15) is 9.59 Å². The molecule has 2 amide bonds. The molecule has 0 bridgehead atoms. The number of amides is 2. The molecular weight excluding hydrogens is 412 g/mol. The van der Waals surface area contributed by atoms with Crippen molar-refractivity contribution in [3.63, 3.8) is 0 Å². The zero-order valence-electron chi connectivity index (χ0n) is 18.1. The van der Waals surface area contributed by atoms with Crippen LogP contribution in [0.25, 0.3) is 0 Å². The van der Waals surface area contributed by atoms with Gasteiger partial charge in [-0.15, -0.1) is 12.4 Å². The average molecular weight is 443 g/mol. The van der Waals surface area contributed by atoms with Gasteiger partial charge in [0.15, 0.2) is 0 Å². The second-order valence-corrected chi connectivity index (χ2v) is 8.48. The number of nitrogens with one attached hydrogen (secondary N) is 2. The van der Waals surface area contributed by atoms with Crippen molar-refractivity contribution in [2.75, 3.05) is 13.1 Å². The number of rotatable bonds is 6. The number of pyridine rings is 1. The largest absolute Gasteiger partial charge is 0.348 e. The maximum atomic E-state index is 13.6. The van der Waals surface area contributed by atoms with Crippen LogP contribution >= 0.6 is 12.4 Å². The quantitative estimate of drug-likeness (QED) is 0.721. The molecule has 1 saturated heterocycles. The van der Waals surface area contributed by atoms with Gasteiger partial charge >= 0.3 is 0 Å². The fourth-order valence-electron chi connectivity index (χ4n) is 4.19. The van der Waals surface area contributed by atoms with E-state index in [1.165, 1.54) is 16.7 Å². The van der Waals surface area contributed by atoms with Gasteiger partial charge in [0, 0.05) is 37.6 Å². The Balaban J connectivity index is 0.00000272. The molecule has 1 saturated carbocycles. The molecule has 0 radical (unpaired) electrons. The summed E-state index contributed by atoms with van der Waals surface area (Å²) < 4.78 is 0. The number of hydrogen-bond donors (Lipinski definition) is 2. The normalized spacial score (nSPS) is 20.5. The monoisotopic (exact) mass is 442 g/mol. The maximum Gasteiger partial charge on any atom is 0.253 e. The van der Waals surface area contributed by atoms with Crippen LogP contribution < -0.4 is 10.6 Å². The zero-order chi connectivity index (χ0) is 21.1. The number of aromatic nitrogens is 1. The summed E-state index contributed by atoms with van der Waals surface area (Å²) in [6.07, 6.45) is 6.07. The van der Waals surface area contributed by atoms with Gasteiger partial charge in [-0.1, -0.05) is 18.2 Å². The zero-order valence-corrected chi connectivity index (χ0v) is 19.0. The molecule has 2 unspecified atom stereocenters. The number of nitrogens with zero attached hydrogens (tertiary/aromatic N) is 2. The van der Waals surface area contributed by atoms with Crippen molar-refractivity contribution in [2.24, 2.45) is 5.92 Å². The molecule has 0 spiro atoms. The van der Waals surface area contributed by atoms with Crippen LogP contribution in [0, 0.1) is 19.8 Å². The van der Waals surface area contributed by atoms with Crippen LogP contribution in [0.4, 0.5) is 0 Å². The highest BCUT2D eigenvalue weighted by atomic mass is 35.5. The van der Waals surface area contributed by atoms with E-state index in [1.807, 2.05) is 4.90 Å². The Kier molecular flexibility index (Phi) is 7.68. The number of carbonyl (C=O) groups excluding carboxylic acids is 2. The lowest BCUT2D eigenvalue weighted by atomic mass is 9.91. The van der Waals surface area contributed by atoms with Crippen LogP contribution in [-0.4, -0.2) is 46.9 Å². The number of carbonyl (C=O) groups is 2. The van der Waals surface area contributed by atoms with Gasteiger partial charge < -0.3 is 15.5 Å². The summed E-state index contributed by atoms with van der Waals surface area (Å²) in [5, 5.41) is 6.44. The van der Waals surface area contributed by atoms with Crippen LogP contribution in [0.5, 0.6) is 0 Å². The molecule has 1 aliphatic heterocycles. The fraction of sp³-hybridized carbons (Fsp3) is 0.458. The van der Waals surface area contributed by atoms with E-state index >= 15 is 0 Å². The SMILES string of the molecule is Cc1cccc(CN(C(=O)C2CNCCC2NC(=O)c2cccnc2)C2CC2)c1C.Cl. The molecule has 31 heavy (non-hydrogen) atoms. The van der Waals surface area contributed by atoms with Gasteiger partial charge in [0.2, 0.25) is 5.91 Å². The standard InChI is InChI=1S/C24H30N4O2.ClH/c1-16-5-3-6-19(17(16)2)15-28(20-8-9-20)24(30)21-14-26-12-10-22(21)27-23(29)18-7-4-11-25-13-18;/h3-7,11,13,20-22,26H,8-10,12,14-15H2,1-2H3,(H,27,29);1H. The molecule has 1 aromatic heterocycles. The van der Waals surface area contributed by atoms with E-state index in [-0.39, 0.29) is 36.2 Å². The third-order valence-electron chi connectivity index (χ3n) is 6.37. The van der Waals surface area contributed by atoms with Gasteiger partial charge in [0.05, 0.1) is 11.5 Å². The van der Waals surface area contributed by atoms with Crippen molar-refractivity contribution in [3.05, 3.63) is 65.0 Å². The molecule has 1 aromatic carbocycles. The van der Waals surface area contributed by atoms with E-state index in [1.54, 1.807) is 24.5 Å². The van der Waals surface area contributed by atoms with E-state index < -0.39 is 0 Å². The molecule has 7 heteroatoms. The number of piperidine rings is 1. The molecule has 2 atom stereocenters. The third kappa shape index (κ3) is 5.43. The molecular formula is C24H31ClN4O2. The van der Waals surface area contributed by atoms with Crippen LogP contribution in [0.2, 0.25) is 0 Å². The van der Waals surface area contributed by atoms with Crippen molar-refractivity contribution < 1.29 is 9.59 Å². The lowest BCUT2D eigenvalue weighted by molar-refractivity contribution is -0.138. The third-order valence-corrected chi connectivity index (χ3v) is 6.37. The predicted octanol–water partition coefficient (Wildman–Crippen LogP) is 3.02. The van der Waals surface area contributed by atoms with Gasteiger partial charge in [-0.05, 0) is 68.5 Å². The number of benzene rings is 1. The Morgan fingerprint density at radius 3 is 2.68 bits per heavy atom. The van der Waals surface area contributed by atoms with Gasteiger partial charge in [-0.25, -0.2) is 0 Å². The first kappa shape index (κ1) is 23.2. The smallest absolute Gasteiger partial charge is 0.253 e. The van der Waals surface area contributed by atoms with E-state index in [4.69, 9.17) is 0 Å². The molecule has 2 N–H and O–H groups in total. The van der Waals surface area contributed by atoms with E-state index in [2.05, 4.69) is 47.7 Å². The minimum atomic E-state index is -0.259. The molecule has 2 aromatic rings. The highest BCUT2D eigenvalue weighted by Crippen LogP contribution is 2.31. The summed E-state index contributed by atoms with van der Waals surface area (Å²) in [5.41, 5.74) is 4.22. The van der Waals surface area contributed by atoms with E-state index in [0.717, 1.165) is 25.8 Å². The van der Waals surface area contributed by atoms with Crippen molar-refractivity contribution in [3.8, 4) is 0 Å². The first-order valence-electron chi connectivity index (χ1n) is 10.8. The summed E-state index contributed by atoms with van der Waals surface area (Å²) in [6.45, 7) is 6.25. The predicted molar refractivity (Wildman–Crippen MR) is 123 cm³/mol. The lowest BCUT2D eigenvalue weighted by Gasteiger charge is -2.36. The minimum Gasteiger partial charge on any atom is -0.348 e. The van der Waals surface area contributed by atoms with Crippen molar-refractivity contribution in [2.45, 2.75) is 51.7 Å². The Morgan fingerprint density at radius 1 is 1.16 bits per heavy atom. The summed E-state index contributed by atoms with van der Waals surface area (Å²) in [6, 6.07) is 9.92. The number of aryl methyl sites for hydroxylation is 1. The first-order valence-corrected chi connectivity index (χ1v) is 10.8. The van der Waals surface area contributed by atoms with Gasteiger partial charge in [-0.3, -0.25) is 14.6 Å². The van der Waals surface area contributed by atoms with Gasteiger partial charge in [0.25, 0.3) is 5.91 Å². The number of hydrogen-bond acceptors (Lipinski definition) is 4. The Bertz CT molecular complexity index is 917. The van der Waals surface area contributed by atoms with Gasteiger partial charge in [0.1, 0.15) is 0 Å². The molecule has 6 nitrogen and oxygen atoms in total. The van der Waals surface area contributed by atoms with Crippen LogP contribution in [0.1, 0.15) is 46.3 Å². The molecule has 2 heterocycles. The summed E-state index contributed by atoms with van der Waals surface area (Å²) in [5.74, 6) is -0.285. The van der Waals surface area contributed by atoms with Crippen molar-refractivity contribution >= 4 is 24.2 Å². The highest BCUT2D eigenvalue weighted by molar-refractivity contribution is 5.94. The number of halogens is 1. The highest BCUT2D eigenvalue weighted by Gasteiger charge is 2.40. The van der Waals surface area contributed by atoms with Crippen molar-refractivity contribution in [1.29, 1.82) is 0 Å². The van der Waals surface area contributed by atoms with Crippen LogP contribution in [0.15, 0.2) is 42.7 Å². The fourth-order valence-corrected chi connectivity index (χ4v) is 4.19. The first-order chi connectivity index (χ1) is 14.5. The van der Waals surface area contributed by atoms with Gasteiger partial charge in [-0.2, -0.15) is 0 Å². The summed E-state index contributed by atoms with van der Waals surface area (Å²) >= 11 is 0. The van der Waals surface area contributed by atoms with Crippen LogP contribution in [0.3, 0.4) is 0 Å². The van der Waals surface area contributed by atoms with Crippen LogP contribution in [-0.2, 0) is 11.3 Å². The van der Waals surface area contributed by atoms with E-state index in [0.29, 0.717) is 24.7 Å². The second kappa shape index (κ2) is 10.2. The molecule has 4 rings (SSSR count). The summed E-state index contributed by atoms with van der Waals surface area (Å²) in [4.78, 5) is 32.4. The minimum absolute atomic E-state index is 0. The Labute approximate surface area is 190 Å². The van der Waals surface area contributed by atoms with Crippen molar-refractivity contribution in [1.82, 2.24) is 20.5 Å². The maximum absolute atomic E-state index is 13.6. The molecule has 2 aliphatic rings. The molecule has 166 valence electrons. The Morgan fingerprint density at radius 2 is 1.97 bits per heavy atom. The molecule has 2 fully saturated rings. The molecule has 1 aliphatic carbocycles. The average Bonchev–Trinajstić information content (AvgIpc) is 3.60. The second-order valence-electron chi connectivity index (χ2n) is 8.48. The lowest BCUT2D eigenvalue weighted by Crippen LogP contribution is -2.55. The summed E-state index contributed by atoms with van der Waals surface area (Å²) in [7, 11) is 0.